The average molecular weight is 402 g/mol. The zero-order chi connectivity index (χ0) is 21.2. The molecule has 0 N–H and O–H groups in total. The SMILES string of the molecule is COC(=O)CCCOc1cccc(COC(=O)N(C)c2ccc([N+](=O)[O-])cc2)c1. The lowest BCUT2D eigenvalue weighted by Crippen LogP contribution is -2.26. The lowest BCUT2D eigenvalue weighted by Gasteiger charge is -2.17. The molecule has 0 aliphatic heterocycles. The number of non-ortho nitro benzene ring substituents is 1. The van der Waals surface area contributed by atoms with E-state index < -0.39 is 11.0 Å². The predicted molar refractivity (Wildman–Crippen MR) is 105 cm³/mol. The second-order valence-corrected chi connectivity index (χ2v) is 6.06. The summed E-state index contributed by atoms with van der Waals surface area (Å²) in [5.41, 5.74) is 1.16. The van der Waals surface area contributed by atoms with Gasteiger partial charge < -0.3 is 14.2 Å². The van der Waals surface area contributed by atoms with E-state index in [4.69, 9.17) is 9.47 Å². The predicted octanol–water partition coefficient (Wildman–Crippen LogP) is 3.70. The van der Waals surface area contributed by atoms with Crippen molar-refractivity contribution in [3.05, 3.63) is 64.2 Å². The van der Waals surface area contributed by atoms with Gasteiger partial charge in [-0.2, -0.15) is 0 Å². The molecule has 1 amide bonds. The summed E-state index contributed by atoms with van der Waals surface area (Å²) >= 11 is 0. The van der Waals surface area contributed by atoms with Crippen LogP contribution < -0.4 is 9.64 Å². The Labute approximate surface area is 167 Å². The number of nitro benzene ring substituents is 1. The minimum absolute atomic E-state index is 0.0372. The zero-order valence-corrected chi connectivity index (χ0v) is 16.2. The maximum absolute atomic E-state index is 12.2. The van der Waals surface area contributed by atoms with Crippen molar-refractivity contribution in [3.8, 4) is 5.75 Å². The summed E-state index contributed by atoms with van der Waals surface area (Å²) in [6, 6.07) is 12.7. The molecule has 29 heavy (non-hydrogen) atoms. The third kappa shape index (κ3) is 6.80. The summed E-state index contributed by atoms with van der Waals surface area (Å²) in [6.07, 6.45) is 0.220. The molecule has 0 fully saturated rings. The standard InChI is InChI=1S/C20H22N2O7/c1-21(16-8-10-17(11-9-16)22(25)26)20(24)29-14-15-5-3-6-18(13-15)28-12-4-7-19(23)27-2/h3,5-6,8-11,13H,4,7,12,14H2,1-2H3. The molecular formula is C20H22N2O7. The summed E-state index contributed by atoms with van der Waals surface area (Å²) in [5.74, 6) is 0.318. The fourth-order valence-corrected chi connectivity index (χ4v) is 2.38. The van der Waals surface area contributed by atoms with Gasteiger partial charge in [0, 0.05) is 31.3 Å². The Morgan fingerprint density at radius 1 is 1.14 bits per heavy atom. The fraction of sp³-hybridized carbons (Fsp3) is 0.300. The Hall–Kier alpha value is -3.62. The van der Waals surface area contributed by atoms with Crippen LogP contribution in [0.15, 0.2) is 48.5 Å². The van der Waals surface area contributed by atoms with Gasteiger partial charge in [-0.15, -0.1) is 0 Å². The number of carbonyl (C=O) groups is 2. The molecule has 2 aromatic carbocycles. The van der Waals surface area contributed by atoms with Crippen LogP contribution in [0.4, 0.5) is 16.2 Å². The highest BCUT2D eigenvalue weighted by Gasteiger charge is 2.14. The van der Waals surface area contributed by atoms with E-state index in [1.807, 2.05) is 0 Å². The molecule has 0 radical (unpaired) electrons. The van der Waals surface area contributed by atoms with Gasteiger partial charge in [-0.25, -0.2) is 4.79 Å². The van der Waals surface area contributed by atoms with Gasteiger partial charge in [0.25, 0.3) is 5.69 Å². The van der Waals surface area contributed by atoms with Crippen molar-refractivity contribution in [2.75, 3.05) is 25.7 Å². The van der Waals surface area contributed by atoms with Crippen LogP contribution >= 0.6 is 0 Å². The lowest BCUT2D eigenvalue weighted by molar-refractivity contribution is -0.384. The van der Waals surface area contributed by atoms with Gasteiger partial charge in [0.2, 0.25) is 0 Å². The van der Waals surface area contributed by atoms with E-state index in [1.165, 1.54) is 43.3 Å². The number of carbonyl (C=O) groups excluding carboxylic acids is 2. The highest BCUT2D eigenvalue weighted by atomic mass is 16.6. The highest BCUT2D eigenvalue weighted by Crippen LogP contribution is 2.20. The first kappa shape index (κ1) is 21.7. The van der Waals surface area contributed by atoms with Gasteiger partial charge in [-0.3, -0.25) is 19.8 Å². The first-order chi connectivity index (χ1) is 13.9. The second-order valence-electron chi connectivity index (χ2n) is 6.06. The number of nitro groups is 1. The van der Waals surface area contributed by atoms with Crippen molar-refractivity contribution in [1.82, 2.24) is 0 Å². The molecule has 0 aliphatic carbocycles. The Balaban J connectivity index is 1.84. The molecule has 0 heterocycles. The molecule has 2 aromatic rings. The lowest BCUT2D eigenvalue weighted by atomic mass is 10.2. The van der Waals surface area contributed by atoms with Crippen LogP contribution in [0.25, 0.3) is 0 Å². The van der Waals surface area contributed by atoms with E-state index >= 15 is 0 Å². The molecule has 9 nitrogen and oxygen atoms in total. The summed E-state index contributed by atoms with van der Waals surface area (Å²) < 4.78 is 15.4. The summed E-state index contributed by atoms with van der Waals surface area (Å²) in [7, 11) is 2.86. The number of methoxy groups -OCH3 is 1. The number of hydrogen-bond acceptors (Lipinski definition) is 7. The quantitative estimate of drug-likeness (QED) is 0.272. The van der Waals surface area contributed by atoms with E-state index in [9.17, 15) is 19.7 Å². The van der Waals surface area contributed by atoms with E-state index in [0.717, 1.165) is 5.56 Å². The molecule has 0 saturated carbocycles. The van der Waals surface area contributed by atoms with Gasteiger partial charge in [0.1, 0.15) is 12.4 Å². The molecule has 0 atom stereocenters. The molecule has 9 heteroatoms. The van der Waals surface area contributed by atoms with Crippen molar-refractivity contribution in [3.63, 3.8) is 0 Å². The van der Waals surface area contributed by atoms with E-state index in [2.05, 4.69) is 4.74 Å². The fourth-order valence-electron chi connectivity index (χ4n) is 2.38. The van der Waals surface area contributed by atoms with Crippen molar-refractivity contribution in [1.29, 1.82) is 0 Å². The molecule has 0 saturated heterocycles. The normalized spacial score (nSPS) is 10.1. The molecule has 2 rings (SSSR count). The van der Waals surface area contributed by atoms with Crippen molar-refractivity contribution < 1.29 is 28.7 Å². The zero-order valence-electron chi connectivity index (χ0n) is 16.2. The van der Waals surface area contributed by atoms with Crippen molar-refractivity contribution in [2.45, 2.75) is 19.4 Å². The number of ether oxygens (including phenoxy) is 3. The molecular weight excluding hydrogens is 380 g/mol. The molecule has 154 valence electrons. The number of hydrogen-bond donors (Lipinski definition) is 0. The highest BCUT2D eigenvalue weighted by molar-refractivity contribution is 5.87. The Morgan fingerprint density at radius 3 is 2.52 bits per heavy atom. The number of anilines is 1. The number of rotatable bonds is 9. The average Bonchev–Trinajstić information content (AvgIpc) is 2.74. The smallest absolute Gasteiger partial charge is 0.414 e. The number of esters is 1. The van der Waals surface area contributed by atoms with Gasteiger partial charge in [0.15, 0.2) is 0 Å². The first-order valence-corrected chi connectivity index (χ1v) is 8.84. The van der Waals surface area contributed by atoms with Crippen LogP contribution in [0, 0.1) is 10.1 Å². The van der Waals surface area contributed by atoms with Crippen LogP contribution in [-0.4, -0.2) is 37.8 Å². The molecule has 0 bridgehead atoms. The maximum atomic E-state index is 12.2. The molecule has 0 spiro atoms. The van der Waals surface area contributed by atoms with Crippen LogP contribution in [0.5, 0.6) is 5.75 Å². The van der Waals surface area contributed by atoms with E-state index in [0.29, 0.717) is 24.5 Å². The Morgan fingerprint density at radius 2 is 1.86 bits per heavy atom. The first-order valence-electron chi connectivity index (χ1n) is 8.84. The topological polar surface area (TPSA) is 108 Å². The van der Waals surface area contributed by atoms with E-state index in [1.54, 1.807) is 24.3 Å². The van der Waals surface area contributed by atoms with Crippen LogP contribution in [0.1, 0.15) is 18.4 Å². The van der Waals surface area contributed by atoms with E-state index in [-0.39, 0.29) is 24.7 Å². The van der Waals surface area contributed by atoms with Crippen molar-refractivity contribution in [2.24, 2.45) is 0 Å². The third-order valence-corrected chi connectivity index (χ3v) is 4.00. The molecule has 0 unspecified atom stereocenters. The summed E-state index contributed by atoms with van der Waals surface area (Å²) in [4.78, 5) is 34.7. The number of nitrogens with zero attached hydrogens (tertiary/aromatic N) is 2. The number of benzene rings is 2. The van der Waals surface area contributed by atoms with Gasteiger partial charge in [-0.05, 0) is 36.2 Å². The minimum atomic E-state index is -0.594. The monoisotopic (exact) mass is 402 g/mol. The van der Waals surface area contributed by atoms with Crippen LogP contribution in [0.3, 0.4) is 0 Å². The molecule has 0 aliphatic rings. The van der Waals surface area contributed by atoms with Crippen molar-refractivity contribution >= 4 is 23.4 Å². The molecule has 0 aromatic heterocycles. The number of amides is 1. The summed E-state index contributed by atoms with van der Waals surface area (Å²) in [5, 5.41) is 10.7. The van der Waals surface area contributed by atoms with Crippen LogP contribution in [-0.2, 0) is 20.9 Å². The van der Waals surface area contributed by atoms with Gasteiger partial charge in [-0.1, -0.05) is 12.1 Å². The maximum Gasteiger partial charge on any atom is 0.414 e. The Bertz CT molecular complexity index is 852. The van der Waals surface area contributed by atoms with Gasteiger partial charge >= 0.3 is 12.1 Å². The van der Waals surface area contributed by atoms with Crippen LogP contribution in [0.2, 0.25) is 0 Å². The third-order valence-electron chi connectivity index (χ3n) is 4.00. The van der Waals surface area contributed by atoms with Gasteiger partial charge in [0.05, 0.1) is 18.6 Å². The largest absolute Gasteiger partial charge is 0.494 e. The second kappa shape index (κ2) is 10.6. The minimum Gasteiger partial charge on any atom is -0.494 e. The summed E-state index contributed by atoms with van der Waals surface area (Å²) in [6.45, 7) is 0.400. The Kier molecular flexibility index (Phi) is 7.96.